The molecule has 0 aliphatic rings. The number of amides is 1. The predicted octanol–water partition coefficient (Wildman–Crippen LogP) is 4.77. The van der Waals surface area contributed by atoms with E-state index in [1.165, 1.54) is 6.07 Å². The first-order valence-corrected chi connectivity index (χ1v) is 8.95. The Morgan fingerprint density at radius 1 is 1.07 bits per heavy atom. The van der Waals surface area contributed by atoms with Crippen LogP contribution in [0.4, 0.5) is 8.78 Å². The lowest BCUT2D eigenvalue weighted by molar-refractivity contribution is -0.121. The van der Waals surface area contributed by atoms with Gasteiger partial charge in [0.1, 0.15) is 11.5 Å². The predicted molar refractivity (Wildman–Crippen MR) is 100 cm³/mol. The second-order valence-corrected chi connectivity index (χ2v) is 6.34. The molecule has 0 aromatic heterocycles. The Kier molecular flexibility index (Phi) is 8.04. The summed E-state index contributed by atoms with van der Waals surface area (Å²) >= 11 is 0. The Bertz CT molecular complexity index is 750. The number of alkyl halides is 2. The van der Waals surface area contributed by atoms with Crippen molar-refractivity contribution < 1.29 is 23.0 Å². The number of unbranched alkanes of at least 4 members (excludes halogenated alkanes) is 1. The van der Waals surface area contributed by atoms with Gasteiger partial charge in [-0.05, 0) is 49.9 Å². The van der Waals surface area contributed by atoms with Crippen molar-refractivity contribution in [2.75, 3.05) is 6.61 Å². The highest BCUT2D eigenvalue weighted by molar-refractivity contribution is 5.75. The summed E-state index contributed by atoms with van der Waals surface area (Å²) in [5.74, 6) is 0.818. The highest BCUT2D eigenvalue weighted by Gasteiger charge is 2.10. The number of rotatable bonds is 10. The van der Waals surface area contributed by atoms with Crippen LogP contribution >= 0.6 is 0 Å². The zero-order valence-corrected chi connectivity index (χ0v) is 15.6. The highest BCUT2D eigenvalue weighted by atomic mass is 19.3. The Hall–Kier alpha value is -2.63. The van der Waals surface area contributed by atoms with Crippen LogP contribution in [0.5, 0.6) is 11.5 Å². The van der Waals surface area contributed by atoms with Crippen molar-refractivity contribution in [2.24, 2.45) is 0 Å². The van der Waals surface area contributed by atoms with Crippen LogP contribution in [-0.4, -0.2) is 19.1 Å². The van der Waals surface area contributed by atoms with Crippen LogP contribution in [0.1, 0.15) is 36.0 Å². The van der Waals surface area contributed by atoms with E-state index in [0.29, 0.717) is 25.0 Å². The molecule has 0 bridgehead atoms. The number of halogens is 2. The van der Waals surface area contributed by atoms with Gasteiger partial charge in [-0.3, -0.25) is 4.79 Å². The minimum Gasteiger partial charge on any atom is -0.493 e. The molecule has 2 aromatic rings. The molecule has 0 heterocycles. The van der Waals surface area contributed by atoms with Crippen molar-refractivity contribution in [1.29, 1.82) is 0 Å². The Morgan fingerprint density at radius 3 is 2.63 bits per heavy atom. The summed E-state index contributed by atoms with van der Waals surface area (Å²) in [6.45, 7) is 1.82. The number of aryl methyl sites for hydroxylation is 2. The Balaban J connectivity index is 1.67. The third-order valence-corrected chi connectivity index (χ3v) is 4.06. The number of para-hydroxylation sites is 1. The second kappa shape index (κ2) is 10.5. The van der Waals surface area contributed by atoms with Crippen LogP contribution in [0.3, 0.4) is 0 Å². The summed E-state index contributed by atoms with van der Waals surface area (Å²) in [4.78, 5) is 11.9. The average Bonchev–Trinajstić information content (AvgIpc) is 2.63. The van der Waals surface area contributed by atoms with Gasteiger partial charge in [-0.2, -0.15) is 8.78 Å². The summed E-state index contributed by atoms with van der Waals surface area (Å²) < 4.78 is 35.0. The molecular weight excluding hydrogens is 352 g/mol. The van der Waals surface area contributed by atoms with Crippen LogP contribution < -0.4 is 14.8 Å². The van der Waals surface area contributed by atoms with Gasteiger partial charge in [-0.1, -0.05) is 30.3 Å². The van der Waals surface area contributed by atoms with Crippen LogP contribution in [0, 0.1) is 13.8 Å². The van der Waals surface area contributed by atoms with E-state index in [-0.39, 0.29) is 18.2 Å². The zero-order chi connectivity index (χ0) is 19.6. The molecule has 0 unspecified atom stereocenters. The van der Waals surface area contributed by atoms with Crippen LogP contribution in [0.25, 0.3) is 0 Å². The smallest absolute Gasteiger partial charge is 0.387 e. The number of carbonyl (C=O) groups excluding carboxylic acids is 1. The maximum atomic E-state index is 12.4. The lowest BCUT2D eigenvalue weighted by Gasteiger charge is -2.12. The monoisotopic (exact) mass is 377 g/mol. The van der Waals surface area contributed by atoms with Crippen molar-refractivity contribution in [3.8, 4) is 11.5 Å². The lowest BCUT2D eigenvalue weighted by atomic mass is 10.1. The van der Waals surface area contributed by atoms with Crippen molar-refractivity contribution in [3.63, 3.8) is 0 Å². The molecule has 0 aliphatic heterocycles. The topological polar surface area (TPSA) is 47.6 Å². The molecule has 0 saturated heterocycles. The minimum absolute atomic E-state index is 0.0784. The number of hydrogen-bond donors (Lipinski definition) is 1. The summed E-state index contributed by atoms with van der Waals surface area (Å²) in [5.41, 5.74) is 2.75. The fraction of sp³-hybridized carbons (Fsp3) is 0.381. The second-order valence-electron chi connectivity index (χ2n) is 6.34. The van der Waals surface area contributed by atoms with Gasteiger partial charge in [0, 0.05) is 18.5 Å². The van der Waals surface area contributed by atoms with Crippen LogP contribution in [0.2, 0.25) is 0 Å². The van der Waals surface area contributed by atoms with Gasteiger partial charge in [-0.15, -0.1) is 0 Å². The molecule has 1 N–H and O–H groups in total. The normalized spacial score (nSPS) is 10.7. The molecule has 0 atom stereocenters. The molecule has 146 valence electrons. The molecule has 0 aliphatic carbocycles. The molecule has 0 radical (unpaired) electrons. The summed E-state index contributed by atoms with van der Waals surface area (Å²) in [6.07, 6.45) is 1.80. The van der Waals surface area contributed by atoms with E-state index in [2.05, 4.69) is 10.1 Å². The van der Waals surface area contributed by atoms with E-state index in [1.807, 2.05) is 32.0 Å². The van der Waals surface area contributed by atoms with E-state index in [4.69, 9.17) is 4.74 Å². The number of nitrogens with one attached hydrogen (secondary N) is 1. The van der Waals surface area contributed by atoms with E-state index < -0.39 is 6.61 Å². The molecule has 1 amide bonds. The molecule has 2 aromatic carbocycles. The number of benzene rings is 2. The van der Waals surface area contributed by atoms with Gasteiger partial charge < -0.3 is 14.8 Å². The van der Waals surface area contributed by atoms with E-state index in [0.717, 1.165) is 23.3 Å². The molecule has 4 nitrogen and oxygen atoms in total. The average molecular weight is 377 g/mol. The van der Waals surface area contributed by atoms with Gasteiger partial charge in [0.25, 0.3) is 0 Å². The van der Waals surface area contributed by atoms with E-state index in [1.54, 1.807) is 18.2 Å². The molecule has 6 heteroatoms. The van der Waals surface area contributed by atoms with Gasteiger partial charge >= 0.3 is 6.61 Å². The van der Waals surface area contributed by atoms with Crippen molar-refractivity contribution in [3.05, 3.63) is 59.2 Å². The highest BCUT2D eigenvalue weighted by Crippen LogP contribution is 2.20. The quantitative estimate of drug-likeness (QED) is 0.607. The van der Waals surface area contributed by atoms with Gasteiger partial charge in [0.15, 0.2) is 0 Å². The standard InChI is InChI=1S/C21H25F2NO3/c1-15-10-11-16(2)19(13-15)26-12-6-5-9-20(25)24-14-17-7-3-4-8-18(17)27-21(22)23/h3-4,7-8,10-11,13,21H,5-6,9,12,14H2,1-2H3,(H,24,25). The van der Waals surface area contributed by atoms with Crippen LogP contribution in [-0.2, 0) is 11.3 Å². The fourth-order valence-electron chi connectivity index (χ4n) is 2.58. The number of ether oxygens (including phenoxy) is 2. The molecule has 27 heavy (non-hydrogen) atoms. The third kappa shape index (κ3) is 7.25. The number of carbonyl (C=O) groups is 1. The molecular formula is C21H25F2NO3. The lowest BCUT2D eigenvalue weighted by Crippen LogP contribution is -2.23. The maximum absolute atomic E-state index is 12.4. The zero-order valence-electron chi connectivity index (χ0n) is 15.6. The van der Waals surface area contributed by atoms with Crippen molar-refractivity contribution in [1.82, 2.24) is 5.32 Å². The first-order valence-electron chi connectivity index (χ1n) is 8.95. The van der Waals surface area contributed by atoms with Crippen molar-refractivity contribution in [2.45, 2.75) is 46.3 Å². The molecule has 0 saturated carbocycles. The summed E-state index contributed by atoms with van der Waals surface area (Å²) in [7, 11) is 0. The largest absolute Gasteiger partial charge is 0.493 e. The third-order valence-electron chi connectivity index (χ3n) is 4.06. The summed E-state index contributed by atoms with van der Waals surface area (Å²) in [6, 6.07) is 12.5. The maximum Gasteiger partial charge on any atom is 0.387 e. The Labute approximate surface area is 158 Å². The van der Waals surface area contributed by atoms with E-state index in [9.17, 15) is 13.6 Å². The van der Waals surface area contributed by atoms with Gasteiger partial charge in [0.2, 0.25) is 5.91 Å². The molecule has 0 spiro atoms. The fourth-order valence-corrected chi connectivity index (χ4v) is 2.58. The van der Waals surface area contributed by atoms with Crippen molar-refractivity contribution >= 4 is 5.91 Å². The van der Waals surface area contributed by atoms with E-state index >= 15 is 0 Å². The number of hydrogen-bond acceptors (Lipinski definition) is 3. The SMILES string of the molecule is Cc1ccc(C)c(OCCCCC(=O)NCc2ccccc2OC(F)F)c1. The first kappa shape index (κ1) is 20.7. The summed E-state index contributed by atoms with van der Waals surface area (Å²) in [5, 5.41) is 2.73. The van der Waals surface area contributed by atoms with Crippen LogP contribution in [0.15, 0.2) is 42.5 Å². The first-order chi connectivity index (χ1) is 13.0. The molecule has 0 fully saturated rings. The Morgan fingerprint density at radius 2 is 1.85 bits per heavy atom. The van der Waals surface area contributed by atoms with Gasteiger partial charge in [0.05, 0.1) is 6.61 Å². The van der Waals surface area contributed by atoms with Gasteiger partial charge in [-0.25, -0.2) is 0 Å². The molecule has 2 rings (SSSR count). The minimum atomic E-state index is -2.89.